The normalized spacial score (nSPS) is 14.7. The smallest absolute Gasteiger partial charge is 0.261 e. The molecule has 0 saturated heterocycles. The van der Waals surface area contributed by atoms with Crippen LogP contribution in [-0.2, 0) is 34.1 Å². The van der Waals surface area contributed by atoms with Gasteiger partial charge in [0.1, 0.15) is 0 Å². The second-order valence-corrected chi connectivity index (χ2v) is 10.7. The average molecular weight is 665 g/mol. The molecule has 0 aromatic rings. The van der Waals surface area contributed by atoms with Gasteiger partial charge in [-0.15, -0.1) is 0 Å². The van der Waals surface area contributed by atoms with E-state index in [-0.39, 0.29) is 62.0 Å². The summed E-state index contributed by atoms with van der Waals surface area (Å²) < 4.78 is 88.8. The van der Waals surface area contributed by atoms with Crippen LogP contribution >= 0.6 is 0 Å². The molecule has 5 amide bonds. The molecule has 17 nitrogen and oxygen atoms in total. The number of nitrogens with two attached hydrogens (primary N) is 1. The number of carbonyl (C=O) groups excluding carboxylic acids is 5. The molecule has 0 atom stereocenters. The molecule has 0 radical (unpaired) electrons. The van der Waals surface area contributed by atoms with Gasteiger partial charge < -0.3 is 16.4 Å². The molecule has 0 aromatic heterocycles. The Kier molecular flexibility index (Phi) is 17.9. The average Bonchev–Trinajstić information content (AvgIpc) is 3.03. The van der Waals surface area contributed by atoms with Crippen molar-refractivity contribution in [3.05, 3.63) is 0 Å². The van der Waals surface area contributed by atoms with Crippen molar-refractivity contribution in [1.82, 2.24) is 25.8 Å². The van der Waals surface area contributed by atoms with Crippen molar-refractivity contribution in [3.63, 3.8) is 0 Å². The van der Waals surface area contributed by atoms with Crippen LogP contribution < -0.4 is 16.4 Å². The summed E-state index contributed by atoms with van der Waals surface area (Å²) in [6.45, 7) is 0.569. The molecule has 18 heteroatoms. The highest BCUT2D eigenvalue weighted by molar-refractivity contribution is 7.85. The number of nitrogens with zero attached hydrogens (tertiary/aromatic N) is 3. The molecule has 0 fully saturated rings. The Balaban J connectivity index is 0. The van der Waals surface area contributed by atoms with Crippen LogP contribution in [0.15, 0.2) is 0 Å². The Hall–Kier alpha value is -2.90. The zero-order chi connectivity index (χ0) is 41.1. The van der Waals surface area contributed by atoms with Gasteiger partial charge in [-0.05, 0) is 57.9 Å². The molecule has 0 heterocycles. The van der Waals surface area contributed by atoms with Gasteiger partial charge in [-0.3, -0.25) is 44.1 Å². The van der Waals surface area contributed by atoms with Crippen LogP contribution in [-0.4, -0.2) is 119 Å². The monoisotopic (exact) mass is 664 g/mol. The molecule has 8 N–H and O–H groups in total. The summed E-state index contributed by atoms with van der Waals surface area (Å²) in [5, 5.41) is 34.0. The summed E-state index contributed by atoms with van der Waals surface area (Å²) in [5.74, 6) is -6.76. The van der Waals surface area contributed by atoms with Gasteiger partial charge >= 0.3 is 0 Å². The minimum absolute atomic E-state index is 0.00805. The van der Waals surface area contributed by atoms with Crippen molar-refractivity contribution in [3.8, 4) is 0 Å². The number of hydrogen-bond acceptors (Lipinski definition) is 11. The quantitative estimate of drug-likeness (QED) is 0.0339. The first-order chi connectivity index (χ1) is 23.6. The second-order valence-electron chi connectivity index (χ2n) is 9.21. The van der Waals surface area contributed by atoms with E-state index >= 15 is 0 Å². The highest BCUT2D eigenvalue weighted by Gasteiger charge is 2.14. The lowest BCUT2D eigenvalue weighted by Crippen LogP contribution is -2.31. The van der Waals surface area contributed by atoms with Gasteiger partial charge in [0.25, 0.3) is 10.1 Å². The fraction of sp³-hybridized carbons (Fsp3) is 0.808. The zero-order valence-electron chi connectivity index (χ0n) is 33.1. The van der Waals surface area contributed by atoms with Crippen LogP contribution in [0, 0.1) is 0 Å². The van der Waals surface area contributed by atoms with Gasteiger partial charge in [-0.2, -0.15) is 8.42 Å². The fourth-order valence-electron chi connectivity index (χ4n) is 2.91. The van der Waals surface area contributed by atoms with Crippen LogP contribution in [0.1, 0.15) is 101 Å². The van der Waals surface area contributed by atoms with Gasteiger partial charge in [-0.25, -0.2) is 15.2 Å². The van der Waals surface area contributed by atoms with E-state index in [0.717, 1.165) is 0 Å². The van der Waals surface area contributed by atoms with Gasteiger partial charge in [0.05, 0.1) is 6.26 Å². The number of nitrogens with one attached hydrogen (secondary N) is 2. The predicted octanol–water partition coefficient (Wildman–Crippen LogP) is 0.426. The fourth-order valence-corrected chi connectivity index (χ4v) is 2.91. The number of rotatable bonds is 23. The molecule has 0 bridgehead atoms. The van der Waals surface area contributed by atoms with Crippen molar-refractivity contribution in [2.24, 2.45) is 5.73 Å². The SMILES string of the molecule is CS(=O)(=O)O.[2H]C([2H])(C(=O)NCCCCCN(O)C(=O)C([2H])([2H])C([2H])([2H])C(=O)NCCCCCN(O)C(C)=O)C([2H])([2H])C(=O)N(O)CCCCCN. The van der Waals surface area contributed by atoms with E-state index in [4.69, 9.17) is 21.3 Å². The van der Waals surface area contributed by atoms with Crippen LogP contribution in [0.25, 0.3) is 0 Å². The molecule has 0 saturated carbocycles. The van der Waals surface area contributed by atoms with E-state index in [1.54, 1.807) is 0 Å². The summed E-state index contributed by atoms with van der Waals surface area (Å²) >= 11 is 0. The van der Waals surface area contributed by atoms with Crippen LogP contribution in [0.5, 0.6) is 0 Å². The third kappa shape index (κ3) is 30.6. The van der Waals surface area contributed by atoms with Gasteiger partial charge in [0.2, 0.25) is 29.5 Å². The van der Waals surface area contributed by atoms with E-state index in [9.17, 15) is 48.0 Å². The molecular weight excluding hydrogens is 604 g/mol. The van der Waals surface area contributed by atoms with E-state index in [1.165, 1.54) is 6.92 Å². The lowest BCUT2D eigenvalue weighted by Gasteiger charge is -2.15. The Labute approximate surface area is 271 Å². The first kappa shape index (κ1) is 29.8. The number of unbranched alkanes of at least 4 members (excludes halogenated alkanes) is 6. The third-order valence-electron chi connectivity index (χ3n) is 5.14. The van der Waals surface area contributed by atoms with Crippen molar-refractivity contribution < 1.29 is 63.5 Å². The summed E-state index contributed by atoms with van der Waals surface area (Å²) in [5.41, 5.74) is 5.35. The summed E-state index contributed by atoms with van der Waals surface area (Å²) in [6, 6.07) is 0. The minimum Gasteiger partial charge on any atom is -0.356 e. The molecule has 0 unspecified atom stereocenters. The lowest BCUT2D eigenvalue weighted by molar-refractivity contribution is -0.166. The highest BCUT2D eigenvalue weighted by atomic mass is 32.2. The van der Waals surface area contributed by atoms with Crippen LogP contribution in [0.4, 0.5) is 0 Å². The van der Waals surface area contributed by atoms with Gasteiger partial charge in [0.15, 0.2) is 0 Å². The molecule has 258 valence electrons. The molecule has 0 aromatic carbocycles. The molecular formula is C26H52N6O11S. The van der Waals surface area contributed by atoms with E-state index in [1.807, 2.05) is 0 Å². The number of carbonyl (C=O) groups is 5. The van der Waals surface area contributed by atoms with Crippen molar-refractivity contribution >= 4 is 39.7 Å². The molecule has 0 spiro atoms. The first-order valence-corrected chi connectivity index (χ1v) is 15.6. The maximum atomic E-state index is 12.5. The standard InChI is InChI=1S/C25H48N6O8.CH4O3S/c1-21(32)29(37)18-9-3-6-16-27-22(33)12-14-25(36)31(39)20-10-4-7-17-28-23(34)11-13-24(35)30(38)19-8-2-5-15-26;1-5(2,3)4/h37-39H,2-20,26H2,1H3,(H,27,33)(H,28,34);1H3,(H,2,3,4)/i11D2,12D2,13D2,14D2;. The number of hydroxylamine groups is 6. The van der Waals surface area contributed by atoms with Crippen LogP contribution in [0.2, 0.25) is 0 Å². The second kappa shape index (κ2) is 26.5. The van der Waals surface area contributed by atoms with Gasteiger partial charge in [0, 0.05) is 76.1 Å². The van der Waals surface area contributed by atoms with Crippen LogP contribution in [0.3, 0.4) is 0 Å². The number of hydrogen-bond donors (Lipinski definition) is 7. The van der Waals surface area contributed by atoms with E-state index in [0.29, 0.717) is 50.0 Å². The summed E-state index contributed by atoms with van der Waals surface area (Å²) in [4.78, 5) is 60.4. The maximum absolute atomic E-state index is 12.5. The Morgan fingerprint density at radius 1 is 0.659 bits per heavy atom. The van der Waals surface area contributed by atoms with Crippen molar-refractivity contribution in [2.75, 3.05) is 45.5 Å². The molecule has 0 aliphatic heterocycles. The Morgan fingerprint density at radius 2 is 1.00 bits per heavy atom. The van der Waals surface area contributed by atoms with Crippen molar-refractivity contribution in [2.45, 2.75) is 90.2 Å². The summed E-state index contributed by atoms with van der Waals surface area (Å²) in [7, 11) is -3.67. The zero-order valence-corrected chi connectivity index (χ0v) is 25.9. The molecule has 0 aliphatic carbocycles. The topological polar surface area (TPSA) is 260 Å². The third-order valence-corrected chi connectivity index (χ3v) is 5.14. The van der Waals surface area contributed by atoms with Gasteiger partial charge in [-0.1, -0.05) is 6.42 Å². The summed E-state index contributed by atoms with van der Waals surface area (Å²) in [6.07, 6.45) is -10.0. The van der Waals surface area contributed by atoms with Crippen molar-refractivity contribution in [1.29, 1.82) is 0 Å². The molecule has 0 rings (SSSR count). The highest BCUT2D eigenvalue weighted by Crippen LogP contribution is 2.03. The minimum atomic E-state index is -3.67. The number of amides is 5. The lowest BCUT2D eigenvalue weighted by atomic mass is 10.2. The Bertz CT molecular complexity index is 1270. The molecule has 44 heavy (non-hydrogen) atoms. The molecule has 0 aliphatic rings. The first-order valence-electron chi connectivity index (χ1n) is 17.8. The Morgan fingerprint density at radius 3 is 1.34 bits per heavy atom. The largest absolute Gasteiger partial charge is 0.356 e. The van der Waals surface area contributed by atoms with E-state index in [2.05, 4.69) is 10.6 Å². The van der Waals surface area contributed by atoms with E-state index < -0.39 is 71.7 Å². The predicted molar refractivity (Wildman–Crippen MR) is 159 cm³/mol. The maximum Gasteiger partial charge on any atom is 0.261 e.